The molecule has 7 nitrogen and oxygen atoms in total. The van der Waals surface area contributed by atoms with E-state index in [9.17, 15) is 4.79 Å². The van der Waals surface area contributed by atoms with Crippen LogP contribution in [-0.2, 0) is 24.2 Å². The lowest BCUT2D eigenvalue weighted by molar-refractivity contribution is -0.130. The summed E-state index contributed by atoms with van der Waals surface area (Å²) in [6.07, 6.45) is 1.76. The molecule has 1 aromatic heterocycles. The minimum atomic E-state index is 0. The van der Waals surface area contributed by atoms with E-state index >= 15 is 0 Å². The first-order valence-electron chi connectivity index (χ1n) is 10.6. The standard InChI is InChI=1S/C23H32N4O3S.HI/c1-5-24-23(25-15-22(28)27-12-9-21-18(16-27)10-13-31-21)26(2)11-8-17-6-7-19(29-3)20(14-17)30-4;/h6-7,10,13-14H,5,8-9,11-12,15-16H2,1-4H3,(H,24,25);1H. The lowest BCUT2D eigenvalue weighted by Crippen LogP contribution is -2.41. The number of fused-ring (bicyclic) bond motifs is 1. The molecule has 0 unspecified atom stereocenters. The number of halogens is 1. The van der Waals surface area contributed by atoms with Gasteiger partial charge in [-0.3, -0.25) is 4.79 Å². The van der Waals surface area contributed by atoms with E-state index in [0.29, 0.717) is 6.54 Å². The van der Waals surface area contributed by atoms with Crippen molar-refractivity contribution >= 4 is 47.2 Å². The fraction of sp³-hybridized carbons (Fsp3) is 0.478. The number of nitrogens with zero attached hydrogens (tertiary/aromatic N) is 3. The van der Waals surface area contributed by atoms with Crippen LogP contribution in [0.5, 0.6) is 11.5 Å². The Labute approximate surface area is 211 Å². The molecule has 0 bridgehead atoms. The highest BCUT2D eigenvalue weighted by atomic mass is 127. The Morgan fingerprint density at radius 2 is 2.03 bits per heavy atom. The molecule has 3 rings (SSSR count). The number of carbonyl (C=O) groups is 1. The van der Waals surface area contributed by atoms with Crippen molar-refractivity contribution in [1.82, 2.24) is 15.1 Å². The second-order valence-corrected chi connectivity index (χ2v) is 8.47. The molecule has 0 saturated heterocycles. The number of rotatable bonds is 8. The van der Waals surface area contributed by atoms with Crippen molar-refractivity contribution in [3.63, 3.8) is 0 Å². The number of ether oxygens (including phenoxy) is 2. The molecule has 176 valence electrons. The third-order valence-corrected chi connectivity index (χ3v) is 6.43. The first kappa shape index (κ1) is 26.2. The summed E-state index contributed by atoms with van der Waals surface area (Å²) < 4.78 is 10.7. The molecular formula is C23H33IN4O3S. The number of hydrogen-bond donors (Lipinski definition) is 1. The summed E-state index contributed by atoms with van der Waals surface area (Å²) in [5.41, 5.74) is 2.42. The van der Waals surface area contributed by atoms with E-state index in [1.54, 1.807) is 25.6 Å². The van der Waals surface area contributed by atoms with Crippen molar-refractivity contribution in [1.29, 1.82) is 0 Å². The average molecular weight is 573 g/mol. The number of methoxy groups -OCH3 is 2. The van der Waals surface area contributed by atoms with Crippen LogP contribution in [0, 0.1) is 0 Å². The Kier molecular flexibility index (Phi) is 10.6. The van der Waals surface area contributed by atoms with Gasteiger partial charge in [-0.15, -0.1) is 35.3 Å². The number of aliphatic imine (C=N–C) groups is 1. The lowest BCUT2D eigenvalue weighted by Gasteiger charge is -2.27. The van der Waals surface area contributed by atoms with Gasteiger partial charge in [0.05, 0.1) is 14.2 Å². The molecule has 1 aromatic carbocycles. The molecule has 1 aliphatic heterocycles. The highest BCUT2D eigenvalue weighted by Crippen LogP contribution is 2.27. The Balaban J connectivity index is 0.00000363. The first-order chi connectivity index (χ1) is 15.0. The SMILES string of the molecule is CCNC(=NCC(=O)N1CCc2sccc2C1)N(C)CCc1ccc(OC)c(OC)c1.I. The van der Waals surface area contributed by atoms with E-state index in [1.165, 1.54) is 10.4 Å². The van der Waals surface area contributed by atoms with Crippen LogP contribution in [0.4, 0.5) is 0 Å². The molecule has 0 spiro atoms. The Morgan fingerprint density at radius 3 is 2.75 bits per heavy atom. The molecule has 0 radical (unpaired) electrons. The molecule has 9 heteroatoms. The van der Waals surface area contributed by atoms with Crippen molar-refractivity contribution < 1.29 is 14.3 Å². The predicted octanol–water partition coefficient (Wildman–Crippen LogP) is 3.41. The van der Waals surface area contributed by atoms with Crippen LogP contribution in [-0.4, -0.2) is 69.1 Å². The second kappa shape index (κ2) is 12.9. The van der Waals surface area contributed by atoms with Gasteiger partial charge in [0.25, 0.3) is 0 Å². The van der Waals surface area contributed by atoms with Gasteiger partial charge in [-0.25, -0.2) is 4.99 Å². The van der Waals surface area contributed by atoms with E-state index in [0.717, 1.165) is 55.5 Å². The van der Waals surface area contributed by atoms with Crippen LogP contribution in [0.1, 0.15) is 22.9 Å². The summed E-state index contributed by atoms with van der Waals surface area (Å²) in [4.78, 5) is 22.7. The summed E-state index contributed by atoms with van der Waals surface area (Å²) in [6, 6.07) is 8.07. The second-order valence-electron chi connectivity index (χ2n) is 7.47. The molecule has 0 saturated carbocycles. The number of thiophene rings is 1. The largest absolute Gasteiger partial charge is 0.493 e. The minimum Gasteiger partial charge on any atom is -0.493 e. The van der Waals surface area contributed by atoms with Gasteiger partial charge in [0, 0.05) is 38.1 Å². The molecule has 0 fully saturated rings. The molecule has 0 atom stereocenters. The Hall–Kier alpha value is -2.01. The third-order valence-electron chi connectivity index (χ3n) is 5.40. The zero-order valence-electron chi connectivity index (χ0n) is 19.2. The van der Waals surface area contributed by atoms with Crippen LogP contribution in [0.3, 0.4) is 0 Å². The quantitative estimate of drug-likeness (QED) is 0.299. The number of carbonyl (C=O) groups excluding carboxylic acids is 1. The smallest absolute Gasteiger partial charge is 0.244 e. The van der Waals surface area contributed by atoms with Gasteiger partial charge in [-0.2, -0.15) is 0 Å². The normalized spacial score (nSPS) is 13.1. The maximum absolute atomic E-state index is 12.7. The van der Waals surface area contributed by atoms with Gasteiger partial charge in [0.1, 0.15) is 6.54 Å². The van der Waals surface area contributed by atoms with Crippen LogP contribution in [0.2, 0.25) is 0 Å². The van der Waals surface area contributed by atoms with Gasteiger partial charge in [-0.1, -0.05) is 6.07 Å². The molecule has 2 heterocycles. The number of likely N-dealkylation sites (N-methyl/N-ethyl adjacent to an activating group) is 1. The average Bonchev–Trinajstić information content (AvgIpc) is 3.27. The summed E-state index contributed by atoms with van der Waals surface area (Å²) >= 11 is 1.78. The van der Waals surface area contributed by atoms with Crippen molar-refractivity contribution in [2.45, 2.75) is 26.3 Å². The number of nitrogens with one attached hydrogen (secondary N) is 1. The molecule has 1 aliphatic rings. The fourth-order valence-electron chi connectivity index (χ4n) is 3.61. The van der Waals surface area contributed by atoms with E-state index in [4.69, 9.17) is 9.47 Å². The number of guanidine groups is 1. The summed E-state index contributed by atoms with van der Waals surface area (Å²) in [5, 5.41) is 5.40. The highest BCUT2D eigenvalue weighted by molar-refractivity contribution is 14.0. The van der Waals surface area contributed by atoms with Gasteiger partial charge >= 0.3 is 0 Å². The van der Waals surface area contributed by atoms with E-state index in [-0.39, 0.29) is 36.4 Å². The van der Waals surface area contributed by atoms with E-state index in [2.05, 4.69) is 26.7 Å². The minimum absolute atomic E-state index is 0. The summed E-state index contributed by atoms with van der Waals surface area (Å²) in [7, 11) is 5.27. The van der Waals surface area contributed by atoms with Gasteiger partial charge < -0.3 is 24.6 Å². The zero-order valence-corrected chi connectivity index (χ0v) is 22.4. The maximum Gasteiger partial charge on any atom is 0.244 e. The molecule has 1 amide bonds. The fourth-order valence-corrected chi connectivity index (χ4v) is 4.50. The van der Waals surface area contributed by atoms with Crippen molar-refractivity contribution in [3.8, 4) is 11.5 Å². The first-order valence-corrected chi connectivity index (χ1v) is 11.5. The molecule has 2 aromatic rings. The van der Waals surface area contributed by atoms with E-state index < -0.39 is 0 Å². The van der Waals surface area contributed by atoms with Crippen molar-refractivity contribution in [3.05, 3.63) is 45.6 Å². The zero-order chi connectivity index (χ0) is 22.2. The third kappa shape index (κ3) is 6.74. The van der Waals surface area contributed by atoms with Crippen molar-refractivity contribution in [2.75, 3.05) is 47.4 Å². The molecule has 32 heavy (non-hydrogen) atoms. The van der Waals surface area contributed by atoms with Crippen LogP contribution in [0.15, 0.2) is 34.6 Å². The Bertz CT molecular complexity index is 918. The molecule has 0 aliphatic carbocycles. The maximum atomic E-state index is 12.7. The summed E-state index contributed by atoms with van der Waals surface area (Å²) in [5.74, 6) is 2.26. The number of benzene rings is 1. The molecule has 1 N–H and O–H groups in total. The van der Waals surface area contributed by atoms with Gasteiger partial charge in [0.15, 0.2) is 17.5 Å². The monoisotopic (exact) mass is 572 g/mol. The van der Waals surface area contributed by atoms with Gasteiger partial charge in [0.2, 0.25) is 5.91 Å². The number of hydrogen-bond acceptors (Lipinski definition) is 5. The van der Waals surface area contributed by atoms with Crippen LogP contribution in [0.25, 0.3) is 0 Å². The highest BCUT2D eigenvalue weighted by Gasteiger charge is 2.21. The van der Waals surface area contributed by atoms with Crippen molar-refractivity contribution in [2.24, 2.45) is 4.99 Å². The topological polar surface area (TPSA) is 66.4 Å². The summed E-state index contributed by atoms with van der Waals surface area (Å²) in [6.45, 7) is 5.16. The number of amides is 1. The Morgan fingerprint density at radius 1 is 1.25 bits per heavy atom. The van der Waals surface area contributed by atoms with Crippen LogP contribution < -0.4 is 14.8 Å². The van der Waals surface area contributed by atoms with Crippen LogP contribution >= 0.6 is 35.3 Å². The molecular weight excluding hydrogens is 539 g/mol. The van der Waals surface area contributed by atoms with Gasteiger partial charge in [-0.05, 0) is 54.5 Å². The predicted molar refractivity (Wildman–Crippen MR) is 141 cm³/mol. The lowest BCUT2D eigenvalue weighted by atomic mass is 10.1. The van der Waals surface area contributed by atoms with E-state index in [1.807, 2.05) is 37.1 Å².